The van der Waals surface area contributed by atoms with E-state index in [4.69, 9.17) is 0 Å². The van der Waals surface area contributed by atoms with E-state index >= 15 is 0 Å². The third-order valence-corrected chi connectivity index (χ3v) is 7.95. The molecule has 11 heteroatoms. The molecule has 1 saturated carbocycles. The lowest BCUT2D eigenvalue weighted by atomic mass is 9.91. The molecule has 41 heavy (non-hydrogen) atoms. The van der Waals surface area contributed by atoms with Crippen LogP contribution in [0.4, 0.5) is 5.69 Å². The molecular formula is C30H43N7O4. The monoisotopic (exact) mass is 565 g/mol. The van der Waals surface area contributed by atoms with Crippen molar-refractivity contribution < 1.29 is 19.2 Å². The van der Waals surface area contributed by atoms with Gasteiger partial charge in [0.25, 0.3) is 5.91 Å². The number of hydrogen-bond donors (Lipinski definition) is 4. The number of benzene rings is 1. The molecule has 1 aromatic carbocycles. The lowest BCUT2D eigenvalue weighted by Crippen LogP contribution is -2.54. The Morgan fingerprint density at radius 3 is 2.29 bits per heavy atom. The Morgan fingerprint density at radius 1 is 0.976 bits per heavy atom. The van der Waals surface area contributed by atoms with Crippen LogP contribution in [-0.4, -0.2) is 76.6 Å². The minimum Gasteiger partial charge on any atom is -0.344 e. The summed E-state index contributed by atoms with van der Waals surface area (Å²) in [5.74, 6) is -0.845. The number of rotatable bonds is 10. The average molecular weight is 566 g/mol. The van der Waals surface area contributed by atoms with Crippen molar-refractivity contribution in [1.29, 1.82) is 0 Å². The third-order valence-electron chi connectivity index (χ3n) is 7.95. The van der Waals surface area contributed by atoms with Gasteiger partial charge in [0.15, 0.2) is 0 Å². The Kier molecular flexibility index (Phi) is 10.9. The normalized spacial score (nSPS) is 17.7. The van der Waals surface area contributed by atoms with E-state index in [1.165, 1.54) is 6.92 Å². The summed E-state index contributed by atoms with van der Waals surface area (Å²) >= 11 is 0. The fraction of sp³-hybridized carbons (Fsp3) is 0.567. The fourth-order valence-electron chi connectivity index (χ4n) is 5.77. The Balaban J connectivity index is 1.44. The second-order valence-electron chi connectivity index (χ2n) is 11.0. The zero-order valence-electron chi connectivity index (χ0n) is 24.2. The van der Waals surface area contributed by atoms with E-state index < -0.39 is 12.1 Å². The summed E-state index contributed by atoms with van der Waals surface area (Å²) in [5.41, 5.74) is 1.91. The van der Waals surface area contributed by atoms with Crippen LogP contribution in [0.3, 0.4) is 0 Å². The highest BCUT2D eigenvalue weighted by atomic mass is 16.2. The molecule has 2 aliphatic rings. The van der Waals surface area contributed by atoms with Gasteiger partial charge >= 0.3 is 0 Å². The lowest BCUT2D eigenvalue weighted by molar-refractivity contribution is -0.136. The molecule has 1 aliphatic carbocycles. The van der Waals surface area contributed by atoms with Gasteiger partial charge < -0.3 is 26.2 Å². The Labute approximate surface area is 241 Å². The Hall–Kier alpha value is -3.73. The number of carbonyl (C=O) groups is 4. The topological polar surface area (TPSA) is 137 Å². The Morgan fingerprint density at radius 2 is 1.66 bits per heavy atom. The summed E-state index contributed by atoms with van der Waals surface area (Å²) in [7, 11) is 0. The minimum absolute atomic E-state index is 0.0492. The molecule has 2 fully saturated rings. The second kappa shape index (κ2) is 14.8. The van der Waals surface area contributed by atoms with Crippen molar-refractivity contribution in [3.05, 3.63) is 47.8 Å². The molecule has 1 saturated heterocycles. The van der Waals surface area contributed by atoms with Crippen LogP contribution in [0, 0.1) is 5.92 Å². The summed E-state index contributed by atoms with van der Waals surface area (Å²) < 4.78 is 1.62. The van der Waals surface area contributed by atoms with Crippen molar-refractivity contribution in [2.24, 2.45) is 5.92 Å². The second-order valence-corrected chi connectivity index (χ2v) is 11.0. The maximum absolute atomic E-state index is 13.6. The molecule has 1 aliphatic heterocycles. The van der Waals surface area contributed by atoms with Gasteiger partial charge in [-0.15, -0.1) is 0 Å². The predicted octanol–water partition coefficient (Wildman–Crippen LogP) is 2.09. The third kappa shape index (κ3) is 8.39. The maximum Gasteiger partial charge on any atom is 0.270 e. The molecule has 0 spiro atoms. The van der Waals surface area contributed by atoms with Crippen LogP contribution in [-0.2, 0) is 27.3 Å². The highest BCUT2D eigenvalue weighted by Gasteiger charge is 2.32. The highest BCUT2D eigenvalue weighted by Crippen LogP contribution is 2.27. The highest BCUT2D eigenvalue weighted by molar-refractivity contribution is 6.00. The Bertz CT molecular complexity index is 1180. The zero-order chi connectivity index (χ0) is 29.2. The largest absolute Gasteiger partial charge is 0.344 e. The fourth-order valence-corrected chi connectivity index (χ4v) is 5.77. The van der Waals surface area contributed by atoms with Crippen LogP contribution in [0.2, 0.25) is 0 Å². The first-order valence-corrected chi connectivity index (χ1v) is 14.8. The van der Waals surface area contributed by atoms with Crippen LogP contribution in [0.15, 0.2) is 36.5 Å². The van der Waals surface area contributed by atoms with Crippen molar-refractivity contribution in [3.63, 3.8) is 0 Å². The van der Waals surface area contributed by atoms with Gasteiger partial charge in [0.05, 0.1) is 0 Å². The lowest BCUT2D eigenvalue weighted by Gasteiger charge is -2.31. The number of hydrogen-bond acceptors (Lipinski definition) is 6. The summed E-state index contributed by atoms with van der Waals surface area (Å²) in [6.45, 7) is 6.58. The van der Waals surface area contributed by atoms with E-state index in [0.29, 0.717) is 37.4 Å². The number of nitrogens with zero attached hydrogens (tertiary/aromatic N) is 3. The van der Waals surface area contributed by atoms with Gasteiger partial charge in [-0.1, -0.05) is 37.8 Å². The van der Waals surface area contributed by atoms with Crippen molar-refractivity contribution in [2.75, 3.05) is 31.5 Å². The van der Waals surface area contributed by atoms with Gasteiger partial charge in [-0.25, -0.2) is 0 Å². The van der Waals surface area contributed by atoms with Crippen LogP contribution in [0.25, 0.3) is 0 Å². The predicted molar refractivity (Wildman–Crippen MR) is 156 cm³/mol. The van der Waals surface area contributed by atoms with Crippen LogP contribution < -0.4 is 21.3 Å². The number of piperazine rings is 1. The molecule has 11 nitrogen and oxygen atoms in total. The number of aryl methyl sites for hydroxylation is 1. The first-order valence-electron chi connectivity index (χ1n) is 14.8. The molecular weight excluding hydrogens is 522 g/mol. The first kappa shape index (κ1) is 30.2. The van der Waals surface area contributed by atoms with Crippen LogP contribution in [0.5, 0.6) is 0 Å². The molecule has 2 heterocycles. The molecule has 222 valence electrons. The standard InChI is InChI=1S/C30H43N7O4/c1-3-37-26(14-15-32-37)28(39)35-27(23-8-6-4-5-7-9-23)29(40)34-24-12-10-22(11-13-24)20-25(33-21(2)38)30(41)36-18-16-31-17-19-36/h10-15,23,25,27,31H,3-9,16-20H2,1-2H3,(H,33,38)(H,34,40)(H,35,39)/t25-,27+/m1/s1. The van der Waals surface area contributed by atoms with E-state index in [0.717, 1.165) is 57.2 Å². The van der Waals surface area contributed by atoms with Crippen LogP contribution in [0.1, 0.15) is 68.4 Å². The summed E-state index contributed by atoms with van der Waals surface area (Å²) in [6, 6.07) is 7.65. The van der Waals surface area contributed by atoms with E-state index in [9.17, 15) is 19.2 Å². The molecule has 0 radical (unpaired) electrons. The SMILES string of the molecule is CCn1nccc1C(=O)N[C@H](C(=O)Nc1ccc(C[C@@H](NC(C)=O)C(=O)N2CCNCC2)cc1)C1CCCCCC1. The van der Waals surface area contributed by atoms with Gasteiger partial charge in [0, 0.05) is 58.0 Å². The quantitative estimate of drug-likeness (QED) is 0.326. The van der Waals surface area contributed by atoms with E-state index in [1.54, 1.807) is 34.0 Å². The molecule has 0 bridgehead atoms. The molecule has 1 aromatic heterocycles. The van der Waals surface area contributed by atoms with E-state index in [-0.39, 0.29) is 29.5 Å². The number of anilines is 1. The van der Waals surface area contributed by atoms with Crippen molar-refractivity contribution >= 4 is 29.3 Å². The smallest absolute Gasteiger partial charge is 0.270 e. The van der Waals surface area contributed by atoms with E-state index in [2.05, 4.69) is 26.4 Å². The van der Waals surface area contributed by atoms with Crippen molar-refractivity contribution in [2.45, 2.75) is 77.4 Å². The first-order chi connectivity index (χ1) is 19.9. The van der Waals surface area contributed by atoms with Gasteiger partial charge in [-0.05, 0) is 49.4 Å². The average Bonchev–Trinajstić information content (AvgIpc) is 3.30. The zero-order valence-corrected chi connectivity index (χ0v) is 24.2. The van der Waals surface area contributed by atoms with Gasteiger partial charge in [-0.2, -0.15) is 5.10 Å². The van der Waals surface area contributed by atoms with Crippen molar-refractivity contribution in [1.82, 2.24) is 30.6 Å². The number of aromatic nitrogens is 2. The van der Waals surface area contributed by atoms with Gasteiger partial charge in [-0.3, -0.25) is 23.9 Å². The van der Waals surface area contributed by atoms with Crippen molar-refractivity contribution in [3.8, 4) is 0 Å². The minimum atomic E-state index is -0.665. The number of amides is 4. The van der Waals surface area contributed by atoms with Gasteiger partial charge in [0.1, 0.15) is 17.8 Å². The number of nitrogens with one attached hydrogen (secondary N) is 4. The molecule has 4 amide bonds. The molecule has 4 rings (SSSR count). The molecule has 0 unspecified atom stereocenters. The van der Waals surface area contributed by atoms with Crippen LogP contribution >= 0.6 is 0 Å². The maximum atomic E-state index is 13.6. The van der Waals surface area contributed by atoms with Gasteiger partial charge in [0.2, 0.25) is 17.7 Å². The summed E-state index contributed by atoms with van der Waals surface area (Å²) in [4.78, 5) is 53.5. The number of carbonyl (C=O) groups excluding carboxylic acids is 4. The summed E-state index contributed by atoms with van der Waals surface area (Å²) in [5, 5.41) is 16.2. The molecule has 2 atom stereocenters. The molecule has 4 N–H and O–H groups in total. The van der Waals surface area contributed by atoms with E-state index in [1.807, 2.05) is 19.1 Å². The summed E-state index contributed by atoms with van der Waals surface area (Å²) in [6.07, 6.45) is 8.06. The molecule has 2 aromatic rings.